The molecule has 0 unspecified atom stereocenters. The van der Waals surface area contributed by atoms with Crippen LogP contribution in [0, 0.1) is 6.92 Å². The molecule has 0 aliphatic heterocycles. The molecule has 0 saturated heterocycles. The van der Waals surface area contributed by atoms with Crippen molar-refractivity contribution in [3.8, 4) is 10.6 Å². The number of carbonyl (C=O) groups excluding carboxylic acids is 1. The molecule has 3 rings (SSSR count). The Morgan fingerprint density at radius 2 is 1.70 bits per heavy atom. The molecule has 2 aromatic carbocycles. The predicted octanol–water partition coefficient (Wildman–Crippen LogP) is 4.09. The minimum atomic E-state index is -0.0434. The van der Waals surface area contributed by atoms with Gasteiger partial charge < -0.3 is 5.32 Å². The number of thiazole rings is 1. The molecule has 0 aliphatic rings. The SMILES string of the molecule is Cc1nc(-c2ccccc2)sc1C(=O)NCCc1ccccc1. The zero-order valence-electron chi connectivity index (χ0n) is 13.0. The maximum absolute atomic E-state index is 12.4. The third kappa shape index (κ3) is 3.85. The Labute approximate surface area is 140 Å². The molecular weight excluding hydrogens is 304 g/mol. The van der Waals surface area contributed by atoms with E-state index in [0.717, 1.165) is 22.7 Å². The molecule has 1 heterocycles. The standard InChI is InChI=1S/C19H18N2OS/c1-14-17(23-19(21-14)16-10-6-3-7-11-16)18(22)20-13-12-15-8-4-2-5-9-15/h2-11H,12-13H2,1H3,(H,20,22). The zero-order valence-corrected chi connectivity index (χ0v) is 13.8. The molecule has 0 atom stereocenters. The van der Waals surface area contributed by atoms with E-state index in [1.807, 2.05) is 55.5 Å². The predicted molar refractivity (Wildman–Crippen MR) is 94.8 cm³/mol. The fourth-order valence-electron chi connectivity index (χ4n) is 2.36. The molecule has 0 saturated carbocycles. The number of rotatable bonds is 5. The third-order valence-electron chi connectivity index (χ3n) is 3.57. The first-order valence-corrected chi connectivity index (χ1v) is 8.40. The van der Waals surface area contributed by atoms with Gasteiger partial charge >= 0.3 is 0 Å². The van der Waals surface area contributed by atoms with Gasteiger partial charge in [-0.1, -0.05) is 60.7 Å². The lowest BCUT2D eigenvalue weighted by atomic mass is 10.1. The van der Waals surface area contributed by atoms with Crippen LogP contribution in [0.1, 0.15) is 20.9 Å². The number of carbonyl (C=O) groups is 1. The molecule has 3 aromatic rings. The van der Waals surface area contributed by atoms with Crippen LogP contribution in [0.5, 0.6) is 0 Å². The van der Waals surface area contributed by atoms with Gasteiger partial charge in [0.25, 0.3) is 5.91 Å². The van der Waals surface area contributed by atoms with Crippen LogP contribution in [0.15, 0.2) is 60.7 Å². The molecule has 0 fully saturated rings. The Morgan fingerprint density at radius 1 is 1.04 bits per heavy atom. The summed E-state index contributed by atoms with van der Waals surface area (Å²) in [5, 5.41) is 3.87. The topological polar surface area (TPSA) is 42.0 Å². The van der Waals surface area contributed by atoms with Crippen molar-refractivity contribution < 1.29 is 4.79 Å². The minimum Gasteiger partial charge on any atom is -0.351 e. The molecule has 1 N–H and O–H groups in total. The normalized spacial score (nSPS) is 10.5. The summed E-state index contributed by atoms with van der Waals surface area (Å²) < 4.78 is 0. The summed E-state index contributed by atoms with van der Waals surface area (Å²) in [5.41, 5.74) is 3.05. The summed E-state index contributed by atoms with van der Waals surface area (Å²) in [7, 11) is 0. The van der Waals surface area contributed by atoms with Gasteiger partial charge in [-0.3, -0.25) is 4.79 Å². The van der Waals surface area contributed by atoms with Gasteiger partial charge in [0.05, 0.1) is 5.69 Å². The van der Waals surface area contributed by atoms with E-state index in [1.165, 1.54) is 16.9 Å². The number of hydrogen-bond acceptors (Lipinski definition) is 3. The molecular formula is C19H18N2OS. The maximum Gasteiger partial charge on any atom is 0.263 e. The van der Waals surface area contributed by atoms with Crippen molar-refractivity contribution in [3.05, 3.63) is 76.8 Å². The Balaban J connectivity index is 1.65. The molecule has 23 heavy (non-hydrogen) atoms. The van der Waals surface area contributed by atoms with Gasteiger partial charge in [0.2, 0.25) is 0 Å². The average molecular weight is 322 g/mol. The molecule has 1 aromatic heterocycles. The first-order chi connectivity index (χ1) is 11.2. The number of benzene rings is 2. The van der Waals surface area contributed by atoms with Crippen molar-refractivity contribution >= 4 is 17.2 Å². The summed E-state index contributed by atoms with van der Waals surface area (Å²) in [5.74, 6) is -0.0434. The number of aryl methyl sites for hydroxylation is 1. The van der Waals surface area contributed by atoms with Crippen LogP contribution in [0.4, 0.5) is 0 Å². The van der Waals surface area contributed by atoms with Crippen LogP contribution in [0.2, 0.25) is 0 Å². The van der Waals surface area contributed by atoms with Crippen LogP contribution in [0.3, 0.4) is 0 Å². The first-order valence-electron chi connectivity index (χ1n) is 7.59. The molecule has 1 amide bonds. The quantitative estimate of drug-likeness (QED) is 0.768. The van der Waals surface area contributed by atoms with Gasteiger partial charge in [0.15, 0.2) is 0 Å². The Bertz CT molecular complexity index is 782. The Hall–Kier alpha value is -2.46. The second-order valence-electron chi connectivity index (χ2n) is 5.29. The van der Waals surface area contributed by atoms with E-state index < -0.39 is 0 Å². The highest BCUT2D eigenvalue weighted by atomic mass is 32.1. The summed E-state index contributed by atoms with van der Waals surface area (Å²) in [6.07, 6.45) is 0.829. The first kappa shape index (κ1) is 15.4. The molecule has 4 heteroatoms. The lowest BCUT2D eigenvalue weighted by molar-refractivity contribution is 0.0957. The van der Waals surface area contributed by atoms with Gasteiger partial charge in [-0.25, -0.2) is 4.98 Å². The van der Waals surface area contributed by atoms with E-state index in [2.05, 4.69) is 22.4 Å². The van der Waals surface area contributed by atoms with Crippen molar-refractivity contribution in [1.82, 2.24) is 10.3 Å². The maximum atomic E-state index is 12.4. The fraction of sp³-hybridized carbons (Fsp3) is 0.158. The van der Waals surface area contributed by atoms with E-state index in [1.54, 1.807) is 0 Å². The summed E-state index contributed by atoms with van der Waals surface area (Å²) in [6, 6.07) is 20.1. The van der Waals surface area contributed by atoms with Gasteiger partial charge in [-0.05, 0) is 18.9 Å². The minimum absolute atomic E-state index is 0.0434. The molecule has 3 nitrogen and oxygen atoms in total. The van der Waals surface area contributed by atoms with Crippen LogP contribution in [-0.4, -0.2) is 17.4 Å². The monoisotopic (exact) mass is 322 g/mol. The van der Waals surface area contributed by atoms with Crippen molar-refractivity contribution in [1.29, 1.82) is 0 Å². The molecule has 0 spiro atoms. The van der Waals surface area contributed by atoms with Crippen LogP contribution < -0.4 is 5.32 Å². The van der Waals surface area contributed by atoms with Crippen molar-refractivity contribution in [2.75, 3.05) is 6.54 Å². The van der Waals surface area contributed by atoms with Crippen molar-refractivity contribution in [2.45, 2.75) is 13.3 Å². The van der Waals surface area contributed by atoms with Gasteiger partial charge in [0, 0.05) is 12.1 Å². The Morgan fingerprint density at radius 3 is 2.39 bits per heavy atom. The number of hydrogen-bond donors (Lipinski definition) is 1. The highest BCUT2D eigenvalue weighted by Gasteiger charge is 2.15. The molecule has 0 radical (unpaired) electrons. The fourth-order valence-corrected chi connectivity index (χ4v) is 3.34. The summed E-state index contributed by atoms with van der Waals surface area (Å²) in [6.45, 7) is 2.51. The van der Waals surface area contributed by atoms with Crippen LogP contribution >= 0.6 is 11.3 Å². The van der Waals surface area contributed by atoms with Crippen LogP contribution in [0.25, 0.3) is 10.6 Å². The van der Waals surface area contributed by atoms with Crippen molar-refractivity contribution in [2.24, 2.45) is 0 Å². The van der Waals surface area contributed by atoms with Crippen LogP contribution in [-0.2, 0) is 6.42 Å². The van der Waals surface area contributed by atoms with Crippen molar-refractivity contribution in [3.63, 3.8) is 0 Å². The highest BCUT2D eigenvalue weighted by Crippen LogP contribution is 2.27. The Kier molecular flexibility index (Phi) is 4.83. The van der Waals surface area contributed by atoms with Gasteiger partial charge in [0.1, 0.15) is 9.88 Å². The van der Waals surface area contributed by atoms with E-state index in [0.29, 0.717) is 11.4 Å². The zero-order chi connectivity index (χ0) is 16.1. The van der Waals surface area contributed by atoms with Gasteiger partial charge in [-0.15, -0.1) is 11.3 Å². The number of nitrogens with one attached hydrogen (secondary N) is 1. The van der Waals surface area contributed by atoms with E-state index in [4.69, 9.17) is 0 Å². The van der Waals surface area contributed by atoms with E-state index in [-0.39, 0.29) is 5.91 Å². The van der Waals surface area contributed by atoms with Gasteiger partial charge in [-0.2, -0.15) is 0 Å². The number of amides is 1. The molecule has 116 valence electrons. The molecule has 0 aliphatic carbocycles. The van der Waals surface area contributed by atoms with E-state index in [9.17, 15) is 4.79 Å². The van der Waals surface area contributed by atoms with E-state index >= 15 is 0 Å². The lowest BCUT2D eigenvalue weighted by Gasteiger charge is -2.04. The highest BCUT2D eigenvalue weighted by molar-refractivity contribution is 7.17. The number of aromatic nitrogens is 1. The molecule has 0 bridgehead atoms. The second kappa shape index (κ2) is 7.20. The average Bonchev–Trinajstić information content (AvgIpc) is 2.98. The smallest absolute Gasteiger partial charge is 0.263 e. The largest absolute Gasteiger partial charge is 0.351 e. The summed E-state index contributed by atoms with van der Waals surface area (Å²) in [4.78, 5) is 17.6. The lowest BCUT2D eigenvalue weighted by Crippen LogP contribution is -2.25. The summed E-state index contributed by atoms with van der Waals surface area (Å²) >= 11 is 1.44. The number of nitrogens with zero attached hydrogens (tertiary/aromatic N) is 1. The second-order valence-corrected chi connectivity index (χ2v) is 6.29. The third-order valence-corrected chi connectivity index (χ3v) is 4.77.